The van der Waals surface area contributed by atoms with Crippen LogP contribution in [0.3, 0.4) is 0 Å². The zero-order valence-corrected chi connectivity index (χ0v) is 11.0. The fraction of sp³-hybridized carbons (Fsp3) is 0.143. The van der Waals surface area contributed by atoms with Gasteiger partial charge in [0.2, 0.25) is 5.91 Å². The van der Waals surface area contributed by atoms with Crippen molar-refractivity contribution in [1.82, 2.24) is 19.7 Å². The number of rotatable bonds is 4. The SMILES string of the molecule is O=C(Cn1nc([N+](=O)[O-])nc1Br)Nc1nccs1. The van der Waals surface area contributed by atoms with Gasteiger partial charge in [-0.3, -0.25) is 4.79 Å². The van der Waals surface area contributed by atoms with E-state index in [-0.39, 0.29) is 11.3 Å². The normalized spacial score (nSPS) is 10.3. The molecule has 0 spiro atoms. The Kier molecular flexibility index (Phi) is 3.62. The molecule has 0 fully saturated rings. The third kappa shape index (κ3) is 2.87. The second-order valence-electron chi connectivity index (χ2n) is 2.98. The molecule has 2 rings (SSSR count). The van der Waals surface area contributed by atoms with E-state index in [1.54, 1.807) is 11.6 Å². The third-order valence-corrected chi connectivity index (χ3v) is 3.03. The maximum absolute atomic E-state index is 11.6. The topological polar surface area (TPSA) is 116 Å². The Morgan fingerprint density at radius 2 is 2.44 bits per heavy atom. The van der Waals surface area contributed by atoms with Crippen molar-refractivity contribution >= 4 is 44.3 Å². The van der Waals surface area contributed by atoms with E-state index in [1.165, 1.54) is 11.3 Å². The molecule has 94 valence electrons. The van der Waals surface area contributed by atoms with Gasteiger partial charge in [-0.2, -0.15) is 4.68 Å². The fourth-order valence-electron chi connectivity index (χ4n) is 1.07. The highest BCUT2D eigenvalue weighted by Gasteiger charge is 2.21. The molecule has 0 unspecified atom stereocenters. The molecule has 0 aliphatic carbocycles. The molecule has 1 N–H and O–H groups in total. The average molecular weight is 333 g/mol. The zero-order chi connectivity index (χ0) is 13.1. The highest BCUT2D eigenvalue weighted by Crippen LogP contribution is 2.13. The van der Waals surface area contributed by atoms with Crippen LogP contribution in [-0.2, 0) is 11.3 Å². The summed E-state index contributed by atoms with van der Waals surface area (Å²) < 4.78 is 1.20. The van der Waals surface area contributed by atoms with Gasteiger partial charge in [0.25, 0.3) is 4.73 Å². The largest absolute Gasteiger partial charge is 0.492 e. The number of hydrogen-bond donors (Lipinski definition) is 1. The minimum absolute atomic E-state index is 0.114. The number of carbonyl (C=O) groups excluding carboxylic acids is 1. The van der Waals surface area contributed by atoms with E-state index in [2.05, 4.69) is 36.3 Å². The molecule has 11 heteroatoms. The van der Waals surface area contributed by atoms with Gasteiger partial charge in [-0.1, -0.05) is 0 Å². The molecule has 2 heterocycles. The van der Waals surface area contributed by atoms with Gasteiger partial charge in [0.05, 0.1) is 0 Å². The Balaban J connectivity index is 2.05. The lowest BCUT2D eigenvalue weighted by atomic mass is 10.6. The van der Waals surface area contributed by atoms with Crippen LogP contribution in [0.4, 0.5) is 11.1 Å². The van der Waals surface area contributed by atoms with Crippen LogP contribution in [0, 0.1) is 10.1 Å². The number of amides is 1. The molecule has 2 aromatic rings. The van der Waals surface area contributed by atoms with E-state index in [1.807, 2.05) is 0 Å². The van der Waals surface area contributed by atoms with Crippen LogP contribution in [0.5, 0.6) is 0 Å². The van der Waals surface area contributed by atoms with Crippen LogP contribution in [-0.4, -0.2) is 30.6 Å². The van der Waals surface area contributed by atoms with Crippen molar-refractivity contribution < 1.29 is 9.72 Å². The molecule has 9 nitrogen and oxygen atoms in total. The van der Waals surface area contributed by atoms with E-state index in [0.717, 1.165) is 4.68 Å². The summed E-state index contributed by atoms with van der Waals surface area (Å²) in [5, 5.41) is 18.7. The minimum Gasteiger partial charge on any atom is -0.390 e. The fourth-order valence-corrected chi connectivity index (χ4v) is 1.98. The van der Waals surface area contributed by atoms with Gasteiger partial charge in [0.1, 0.15) is 6.54 Å². The summed E-state index contributed by atoms with van der Waals surface area (Å²) in [6, 6.07) is 0. The Morgan fingerprint density at radius 1 is 1.67 bits per heavy atom. The number of nitrogens with zero attached hydrogens (tertiary/aromatic N) is 5. The van der Waals surface area contributed by atoms with Gasteiger partial charge < -0.3 is 15.4 Å². The molecule has 0 aromatic carbocycles. The number of halogens is 1. The summed E-state index contributed by atoms with van der Waals surface area (Å²) in [5.74, 6) is -0.964. The van der Waals surface area contributed by atoms with Crippen molar-refractivity contribution in [3.8, 4) is 0 Å². The predicted molar refractivity (Wildman–Crippen MR) is 65.1 cm³/mol. The Bertz CT molecular complexity index is 582. The number of aromatic nitrogens is 4. The van der Waals surface area contributed by atoms with Crippen LogP contribution in [0.25, 0.3) is 0 Å². The number of carbonyl (C=O) groups is 1. The summed E-state index contributed by atoms with van der Waals surface area (Å²) in [5.41, 5.74) is 0. The molecular formula is C7H5BrN6O3S. The monoisotopic (exact) mass is 332 g/mol. The van der Waals surface area contributed by atoms with Crippen molar-refractivity contribution in [3.63, 3.8) is 0 Å². The van der Waals surface area contributed by atoms with Gasteiger partial charge in [0.15, 0.2) is 5.13 Å². The van der Waals surface area contributed by atoms with Gasteiger partial charge in [-0.05, 0) is 9.91 Å². The van der Waals surface area contributed by atoms with Crippen LogP contribution in [0.2, 0.25) is 0 Å². The van der Waals surface area contributed by atoms with E-state index in [0.29, 0.717) is 5.13 Å². The lowest BCUT2D eigenvalue weighted by molar-refractivity contribution is -0.394. The summed E-state index contributed by atoms with van der Waals surface area (Å²) in [6.45, 7) is -0.193. The van der Waals surface area contributed by atoms with Crippen LogP contribution in [0.15, 0.2) is 16.3 Å². The van der Waals surface area contributed by atoms with Gasteiger partial charge >= 0.3 is 5.95 Å². The minimum atomic E-state index is -0.736. The smallest absolute Gasteiger partial charge is 0.390 e. The average Bonchev–Trinajstić information content (AvgIpc) is 2.89. The third-order valence-electron chi connectivity index (χ3n) is 1.75. The predicted octanol–water partition coefficient (Wildman–Crippen LogP) is 1.04. The van der Waals surface area contributed by atoms with E-state index in [4.69, 9.17) is 0 Å². The van der Waals surface area contributed by atoms with Crippen molar-refractivity contribution in [1.29, 1.82) is 0 Å². The molecule has 2 aromatic heterocycles. The highest BCUT2D eigenvalue weighted by atomic mass is 79.9. The molecule has 18 heavy (non-hydrogen) atoms. The molecule has 0 saturated heterocycles. The van der Waals surface area contributed by atoms with Gasteiger partial charge in [0, 0.05) is 32.6 Å². The second-order valence-corrected chi connectivity index (χ2v) is 4.58. The van der Waals surface area contributed by atoms with E-state index in [9.17, 15) is 14.9 Å². The van der Waals surface area contributed by atoms with E-state index >= 15 is 0 Å². The van der Waals surface area contributed by atoms with Crippen LogP contribution in [0.1, 0.15) is 0 Å². The van der Waals surface area contributed by atoms with Crippen molar-refractivity contribution in [2.75, 3.05) is 5.32 Å². The van der Waals surface area contributed by atoms with Crippen molar-refractivity contribution in [3.05, 3.63) is 26.4 Å². The maximum Gasteiger partial charge on any atom is 0.492 e. The first-order valence-corrected chi connectivity index (χ1v) is 6.17. The number of hydrogen-bond acceptors (Lipinski definition) is 7. The van der Waals surface area contributed by atoms with E-state index < -0.39 is 16.8 Å². The molecule has 0 atom stereocenters. The lowest BCUT2D eigenvalue weighted by Crippen LogP contribution is -2.19. The molecule has 1 amide bonds. The molecule has 0 aliphatic rings. The first-order chi connectivity index (χ1) is 8.56. The van der Waals surface area contributed by atoms with Crippen LogP contribution >= 0.6 is 27.3 Å². The second kappa shape index (κ2) is 5.18. The summed E-state index contributed by atoms with van der Waals surface area (Å²) in [6.07, 6.45) is 1.55. The first-order valence-electron chi connectivity index (χ1n) is 4.50. The van der Waals surface area contributed by atoms with Gasteiger partial charge in [-0.25, -0.2) is 4.98 Å². The number of anilines is 1. The first kappa shape index (κ1) is 12.6. The molecule has 0 saturated carbocycles. The summed E-state index contributed by atoms with van der Waals surface area (Å²) in [4.78, 5) is 28.7. The Morgan fingerprint density at radius 3 is 3.00 bits per heavy atom. The maximum atomic E-state index is 11.6. The number of nitro groups is 1. The lowest BCUT2D eigenvalue weighted by Gasteiger charge is -1.99. The zero-order valence-electron chi connectivity index (χ0n) is 8.61. The number of nitrogens with one attached hydrogen (secondary N) is 1. The molecular weight excluding hydrogens is 328 g/mol. The number of thiazole rings is 1. The molecule has 0 aliphatic heterocycles. The van der Waals surface area contributed by atoms with Crippen molar-refractivity contribution in [2.45, 2.75) is 6.54 Å². The van der Waals surface area contributed by atoms with Gasteiger partial charge in [-0.15, -0.1) is 11.3 Å². The summed E-state index contributed by atoms with van der Waals surface area (Å²) >= 11 is 4.25. The standard InChI is InChI=1S/C7H5BrN6O3S/c8-5-11-6(14(16)17)12-13(5)3-4(15)10-7-9-1-2-18-7/h1-2H,3H2,(H,9,10,15). The molecule has 0 bridgehead atoms. The van der Waals surface area contributed by atoms with Crippen LogP contribution < -0.4 is 5.32 Å². The summed E-state index contributed by atoms with van der Waals surface area (Å²) in [7, 11) is 0. The Hall–Kier alpha value is -1.88. The molecule has 0 radical (unpaired) electrons. The highest BCUT2D eigenvalue weighted by molar-refractivity contribution is 9.10. The quantitative estimate of drug-likeness (QED) is 0.660. The Labute approximate surface area is 112 Å². The van der Waals surface area contributed by atoms with Crippen molar-refractivity contribution in [2.24, 2.45) is 0 Å².